The molecule has 0 spiro atoms. The van der Waals surface area contributed by atoms with Crippen molar-refractivity contribution in [2.75, 3.05) is 13.6 Å². The van der Waals surface area contributed by atoms with Crippen LogP contribution in [0.1, 0.15) is 31.4 Å². The summed E-state index contributed by atoms with van der Waals surface area (Å²) in [5.74, 6) is -0.192. The van der Waals surface area contributed by atoms with Crippen LogP contribution < -0.4 is 10.0 Å². The second-order valence-corrected chi connectivity index (χ2v) is 8.78. The number of nitrogens with zero attached hydrogens (tertiary/aromatic N) is 1. The molecule has 2 rings (SSSR count). The summed E-state index contributed by atoms with van der Waals surface area (Å²) < 4.78 is 26.8. The highest BCUT2D eigenvalue weighted by Crippen LogP contribution is 2.12. The molecule has 6 nitrogen and oxygen atoms in total. The van der Waals surface area contributed by atoms with Gasteiger partial charge in [0.05, 0.1) is 4.90 Å². The average Bonchev–Trinajstić information content (AvgIpc) is 2.67. The van der Waals surface area contributed by atoms with E-state index in [2.05, 4.69) is 41.9 Å². The van der Waals surface area contributed by atoms with Crippen molar-refractivity contribution in [3.8, 4) is 0 Å². The number of rotatable bonds is 10. The summed E-state index contributed by atoms with van der Waals surface area (Å²) in [6, 6.07) is 16.6. The van der Waals surface area contributed by atoms with Crippen LogP contribution in [-0.4, -0.2) is 38.9 Å². The summed E-state index contributed by atoms with van der Waals surface area (Å²) in [5.41, 5.74) is 2.23. The van der Waals surface area contributed by atoms with E-state index >= 15 is 0 Å². The lowest BCUT2D eigenvalue weighted by molar-refractivity contribution is -0.121. The molecule has 1 amide bonds. The van der Waals surface area contributed by atoms with Gasteiger partial charge in [-0.15, -0.1) is 0 Å². The fourth-order valence-corrected chi connectivity index (χ4v) is 3.65. The highest BCUT2D eigenvalue weighted by atomic mass is 32.2. The predicted octanol–water partition coefficient (Wildman–Crippen LogP) is 2.51. The van der Waals surface area contributed by atoms with E-state index in [1.807, 2.05) is 18.2 Å². The molecule has 0 fully saturated rings. The number of hydrogen-bond donors (Lipinski definition) is 2. The van der Waals surface area contributed by atoms with E-state index in [9.17, 15) is 13.2 Å². The van der Waals surface area contributed by atoms with Gasteiger partial charge in [0, 0.05) is 32.1 Å². The molecule has 0 heterocycles. The SMILES string of the molecule is CC(C)N(C)Cc1ccccc1CNC(=O)CCNS(=O)(=O)c1ccccc1. The maximum atomic E-state index is 12.1. The van der Waals surface area contributed by atoms with Gasteiger partial charge in [0.15, 0.2) is 0 Å². The molecule has 2 N–H and O–H groups in total. The van der Waals surface area contributed by atoms with Gasteiger partial charge in [-0.05, 0) is 44.2 Å². The van der Waals surface area contributed by atoms with Crippen molar-refractivity contribution >= 4 is 15.9 Å². The van der Waals surface area contributed by atoms with Crippen LogP contribution in [0.5, 0.6) is 0 Å². The summed E-state index contributed by atoms with van der Waals surface area (Å²) in [4.78, 5) is 14.6. The lowest BCUT2D eigenvalue weighted by Gasteiger charge is -2.22. The van der Waals surface area contributed by atoms with E-state index < -0.39 is 10.0 Å². The molecule has 0 radical (unpaired) electrons. The third-order valence-corrected chi connectivity index (χ3v) is 6.07. The number of nitrogens with one attached hydrogen (secondary N) is 2. The Balaban J connectivity index is 1.83. The van der Waals surface area contributed by atoms with Crippen LogP contribution in [0.3, 0.4) is 0 Å². The molecule has 0 aliphatic carbocycles. The first-order chi connectivity index (χ1) is 13.3. The molecule has 28 heavy (non-hydrogen) atoms. The molecule has 0 unspecified atom stereocenters. The molecule has 0 bridgehead atoms. The van der Waals surface area contributed by atoms with Crippen LogP contribution in [0.2, 0.25) is 0 Å². The number of amides is 1. The molecule has 7 heteroatoms. The van der Waals surface area contributed by atoms with Crippen molar-refractivity contribution in [3.05, 3.63) is 65.7 Å². The van der Waals surface area contributed by atoms with Crippen molar-refractivity contribution in [1.29, 1.82) is 0 Å². The van der Waals surface area contributed by atoms with Gasteiger partial charge >= 0.3 is 0 Å². The zero-order chi connectivity index (χ0) is 20.6. The molecule has 0 aliphatic rings. The first-order valence-corrected chi connectivity index (χ1v) is 10.9. The second kappa shape index (κ2) is 10.4. The normalized spacial score (nSPS) is 11.8. The van der Waals surface area contributed by atoms with Gasteiger partial charge < -0.3 is 5.32 Å². The Kier molecular flexibility index (Phi) is 8.17. The van der Waals surface area contributed by atoms with Crippen molar-refractivity contribution in [3.63, 3.8) is 0 Å². The zero-order valence-corrected chi connectivity index (χ0v) is 17.5. The van der Waals surface area contributed by atoms with Crippen molar-refractivity contribution in [2.45, 2.75) is 44.3 Å². The predicted molar refractivity (Wildman–Crippen MR) is 111 cm³/mol. The van der Waals surface area contributed by atoms with Gasteiger partial charge in [0.2, 0.25) is 15.9 Å². The minimum atomic E-state index is -3.59. The van der Waals surface area contributed by atoms with Gasteiger partial charge in [-0.1, -0.05) is 42.5 Å². The van der Waals surface area contributed by atoms with Crippen LogP contribution in [0.25, 0.3) is 0 Å². The molecule has 0 saturated heterocycles. The number of carbonyl (C=O) groups is 1. The molecular weight excluding hydrogens is 374 g/mol. The topological polar surface area (TPSA) is 78.5 Å². The van der Waals surface area contributed by atoms with Crippen LogP contribution in [-0.2, 0) is 27.9 Å². The van der Waals surface area contributed by atoms with Crippen molar-refractivity contribution in [2.24, 2.45) is 0 Å². The Hall–Kier alpha value is -2.22. The minimum absolute atomic E-state index is 0.0563. The number of benzene rings is 2. The quantitative estimate of drug-likeness (QED) is 0.639. The summed E-state index contributed by atoms with van der Waals surface area (Å²) >= 11 is 0. The first kappa shape index (κ1) is 22.1. The Morgan fingerprint density at radius 2 is 1.61 bits per heavy atom. The fourth-order valence-electron chi connectivity index (χ4n) is 2.60. The Bertz CT molecular complexity index is 867. The van der Waals surface area contributed by atoms with E-state index in [4.69, 9.17) is 0 Å². The van der Waals surface area contributed by atoms with Gasteiger partial charge in [-0.25, -0.2) is 13.1 Å². The van der Waals surface area contributed by atoms with Gasteiger partial charge in [-0.2, -0.15) is 0 Å². The van der Waals surface area contributed by atoms with Crippen LogP contribution in [0.4, 0.5) is 0 Å². The summed E-state index contributed by atoms with van der Waals surface area (Å²) in [6.45, 7) is 5.57. The maximum absolute atomic E-state index is 12.1. The summed E-state index contributed by atoms with van der Waals surface area (Å²) in [5, 5.41) is 2.88. The second-order valence-electron chi connectivity index (χ2n) is 7.02. The highest BCUT2D eigenvalue weighted by Gasteiger charge is 2.14. The molecule has 2 aromatic carbocycles. The van der Waals surface area contributed by atoms with Gasteiger partial charge in [0.25, 0.3) is 0 Å². The lowest BCUT2D eigenvalue weighted by atomic mass is 10.1. The van der Waals surface area contributed by atoms with E-state index in [1.54, 1.807) is 18.2 Å². The van der Waals surface area contributed by atoms with Gasteiger partial charge in [0.1, 0.15) is 0 Å². The van der Waals surface area contributed by atoms with Gasteiger partial charge in [-0.3, -0.25) is 9.69 Å². The standard InChI is InChI=1S/C21H29N3O3S/c1-17(2)24(3)16-19-10-8-7-9-18(19)15-22-21(25)13-14-23-28(26,27)20-11-5-4-6-12-20/h4-12,17,23H,13-16H2,1-3H3,(H,22,25). The van der Waals surface area contributed by atoms with Crippen LogP contribution in [0, 0.1) is 0 Å². The minimum Gasteiger partial charge on any atom is -0.352 e. The highest BCUT2D eigenvalue weighted by molar-refractivity contribution is 7.89. The number of carbonyl (C=O) groups excluding carboxylic acids is 1. The summed E-state index contributed by atoms with van der Waals surface area (Å²) in [6.07, 6.45) is 0.0835. The Morgan fingerprint density at radius 1 is 1.00 bits per heavy atom. The molecular formula is C21H29N3O3S. The molecule has 0 aromatic heterocycles. The third kappa shape index (κ3) is 6.74. The Labute approximate surface area is 168 Å². The molecule has 0 aliphatic heterocycles. The van der Waals surface area contributed by atoms with Crippen molar-refractivity contribution in [1.82, 2.24) is 14.9 Å². The largest absolute Gasteiger partial charge is 0.352 e. The lowest BCUT2D eigenvalue weighted by Crippen LogP contribution is -2.31. The maximum Gasteiger partial charge on any atom is 0.240 e. The smallest absolute Gasteiger partial charge is 0.240 e. The average molecular weight is 404 g/mol. The number of hydrogen-bond acceptors (Lipinski definition) is 4. The van der Waals surface area contributed by atoms with Crippen molar-refractivity contribution < 1.29 is 13.2 Å². The van der Waals surface area contributed by atoms with E-state index in [0.29, 0.717) is 12.6 Å². The van der Waals surface area contributed by atoms with E-state index in [-0.39, 0.29) is 23.8 Å². The molecule has 152 valence electrons. The Morgan fingerprint density at radius 3 is 2.25 bits per heavy atom. The van der Waals surface area contributed by atoms with E-state index in [0.717, 1.165) is 12.1 Å². The molecule has 0 saturated carbocycles. The molecule has 0 atom stereocenters. The van der Waals surface area contributed by atoms with E-state index in [1.165, 1.54) is 17.7 Å². The monoisotopic (exact) mass is 403 g/mol. The van der Waals surface area contributed by atoms with Crippen LogP contribution in [0.15, 0.2) is 59.5 Å². The number of sulfonamides is 1. The third-order valence-electron chi connectivity index (χ3n) is 4.59. The zero-order valence-electron chi connectivity index (χ0n) is 16.7. The summed E-state index contributed by atoms with van der Waals surface area (Å²) in [7, 11) is -1.52. The van der Waals surface area contributed by atoms with Crippen LogP contribution >= 0.6 is 0 Å². The fraction of sp³-hybridized carbons (Fsp3) is 0.381. The molecule has 2 aromatic rings. The first-order valence-electron chi connectivity index (χ1n) is 9.38.